The second kappa shape index (κ2) is 7.73. The number of allylic oxidation sites excluding steroid dienone is 2. The minimum atomic E-state index is -0.0754. The molecule has 1 aliphatic carbocycles. The molecule has 6 heteroatoms. The summed E-state index contributed by atoms with van der Waals surface area (Å²) in [6, 6.07) is 7.27. The van der Waals surface area contributed by atoms with Gasteiger partial charge < -0.3 is 5.32 Å². The van der Waals surface area contributed by atoms with Crippen molar-refractivity contribution >= 4 is 23.5 Å². The normalized spacial score (nSPS) is 14.2. The molecule has 0 saturated heterocycles. The van der Waals surface area contributed by atoms with E-state index in [2.05, 4.69) is 16.5 Å². The van der Waals surface area contributed by atoms with E-state index in [9.17, 15) is 4.79 Å². The molecule has 5 nitrogen and oxygen atoms in total. The van der Waals surface area contributed by atoms with Gasteiger partial charge in [0.05, 0.1) is 5.75 Å². The minimum absolute atomic E-state index is 0.0334. The summed E-state index contributed by atoms with van der Waals surface area (Å²) in [5, 5.41) is 13.3. The van der Waals surface area contributed by atoms with Crippen LogP contribution in [0.15, 0.2) is 46.0 Å². The molecular weight excluding hydrogens is 284 g/mol. The first-order valence-electron chi connectivity index (χ1n) is 6.87. The highest BCUT2D eigenvalue weighted by Crippen LogP contribution is 2.19. The Balaban J connectivity index is 1.91. The quantitative estimate of drug-likeness (QED) is 0.332. The van der Waals surface area contributed by atoms with Gasteiger partial charge in [0.15, 0.2) is 5.84 Å². The molecule has 1 aromatic rings. The molecule has 0 heterocycles. The number of benzene rings is 1. The van der Waals surface area contributed by atoms with E-state index in [0.717, 1.165) is 29.9 Å². The summed E-state index contributed by atoms with van der Waals surface area (Å²) < 4.78 is 0. The first kappa shape index (κ1) is 15.4. The van der Waals surface area contributed by atoms with Gasteiger partial charge in [-0.05, 0) is 49.9 Å². The Kier molecular flexibility index (Phi) is 5.68. The summed E-state index contributed by atoms with van der Waals surface area (Å²) in [5.74, 6) is 0.321. The molecule has 110 valence electrons. The summed E-state index contributed by atoms with van der Waals surface area (Å²) >= 11 is 1.43. The van der Waals surface area contributed by atoms with Gasteiger partial charge in [-0.25, -0.2) is 5.53 Å². The second-order valence-electron chi connectivity index (χ2n) is 4.80. The van der Waals surface area contributed by atoms with Crippen molar-refractivity contribution in [3.05, 3.63) is 41.6 Å². The number of nitrogens with zero attached hydrogens (tertiary/aromatic N) is 1. The molecule has 2 rings (SSSR count). The molecule has 3 N–H and O–H groups in total. The molecule has 1 aromatic carbocycles. The SMILES string of the molecule is N=NC(=N)CSc1ccc(C(=O)NC2=CCCCC2)cc1. The number of amides is 1. The number of hydrogen-bond acceptors (Lipinski definition) is 4. The summed E-state index contributed by atoms with van der Waals surface area (Å²) in [6.07, 6.45) is 6.41. The van der Waals surface area contributed by atoms with E-state index in [-0.39, 0.29) is 11.7 Å². The van der Waals surface area contributed by atoms with Crippen molar-refractivity contribution in [3.8, 4) is 0 Å². The lowest BCUT2D eigenvalue weighted by molar-refractivity contribution is 0.0964. The molecule has 1 aliphatic rings. The number of carbonyl (C=O) groups is 1. The average Bonchev–Trinajstić information content (AvgIpc) is 2.54. The molecule has 0 radical (unpaired) electrons. The van der Waals surface area contributed by atoms with E-state index in [4.69, 9.17) is 10.9 Å². The van der Waals surface area contributed by atoms with Crippen molar-refractivity contribution < 1.29 is 4.79 Å². The van der Waals surface area contributed by atoms with Crippen molar-refractivity contribution in [1.82, 2.24) is 5.32 Å². The molecule has 0 saturated carbocycles. The van der Waals surface area contributed by atoms with E-state index in [1.165, 1.54) is 18.2 Å². The van der Waals surface area contributed by atoms with Crippen molar-refractivity contribution in [3.63, 3.8) is 0 Å². The lowest BCUT2D eigenvalue weighted by atomic mass is 10.0. The molecule has 0 bridgehead atoms. The highest BCUT2D eigenvalue weighted by molar-refractivity contribution is 8.00. The second-order valence-corrected chi connectivity index (χ2v) is 5.85. The molecule has 0 aromatic heterocycles. The molecule has 21 heavy (non-hydrogen) atoms. The maximum Gasteiger partial charge on any atom is 0.255 e. The van der Waals surface area contributed by atoms with Crippen LogP contribution in [0.4, 0.5) is 0 Å². The van der Waals surface area contributed by atoms with Gasteiger partial charge in [0.1, 0.15) is 0 Å². The molecule has 0 atom stereocenters. The summed E-state index contributed by atoms with van der Waals surface area (Å²) in [5.41, 5.74) is 8.37. The van der Waals surface area contributed by atoms with E-state index in [1.807, 2.05) is 12.1 Å². The number of nitrogens with one attached hydrogen (secondary N) is 3. The van der Waals surface area contributed by atoms with Crippen LogP contribution in [0.5, 0.6) is 0 Å². The highest BCUT2D eigenvalue weighted by atomic mass is 32.2. The Labute approximate surface area is 128 Å². The maximum absolute atomic E-state index is 12.1. The first-order valence-corrected chi connectivity index (χ1v) is 7.86. The van der Waals surface area contributed by atoms with Crippen LogP contribution in [-0.2, 0) is 0 Å². The topological polar surface area (TPSA) is 89.2 Å². The van der Waals surface area contributed by atoms with Gasteiger partial charge >= 0.3 is 0 Å². The van der Waals surface area contributed by atoms with Gasteiger partial charge in [-0.15, -0.1) is 16.9 Å². The van der Waals surface area contributed by atoms with Gasteiger partial charge in [0.25, 0.3) is 5.91 Å². The van der Waals surface area contributed by atoms with Gasteiger partial charge in [-0.3, -0.25) is 10.2 Å². The predicted molar refractivity (Wildman–Crippen MR) is 84.1 cm³/mol. The maximum atomic E-state index is 12.1. The summed E-state index contributed by atoms with van der Waals surface area (Å²) in [6.45, 7) is 0. The standard InChI is InChI=1S/C15H18N4OS/c16-14(19-17)10-21-13-8-6-11(7-9-13)15(20)18-12-4-2-1-3-5-12/h4,6-9,16-17H,1-3,5,10H2,(H,18,20). The Hall–Kier alpha value is -1.95. The number of rotatable bonds is 5. The zero-order valence-corrected chi connectivity index (χ0v) is 12.5. The van der Waals surface area contributed by atoms with Crippen LogP contribution in [0.3, 0.4) is 0 Å². The molecule has 0 aliphatic heterocycles. The van der Waals surface area contributed by atoms with Gasteiger partial charge in [0, 0.05) is 16.2 Å². The van der Waals surface area contributed by atoms with Crippen LogP contribution >= 0.6 is 11.8 Å². The molecular formula is C15H18N4OS. The third-order valence-electron chi connectivity index (χ3n) is 3.19. The van der Waals surface area contributed by atoms with Crippen LogP contribution in [0.25, 0.3) is 0 Å². The fourth-order valence-corrected chi connectivity index (χ4v) is 2.75. The lowest BCUT2D eigenvalue weighted by Gasteiger charge is -2.14. The minimum Gasteiger partial charge on any atom is -0.326 e. The van der Waals surface area contributed by atoms with Gasteiger partial charge in [-0.2, -0.15) is 0 Å². The third-order valence-corrected chi connectivity index (χ3v) is 4.22. The van der Waals surface area contributed by atoms with E-state index in [1.54, 1.807) is 12.1 Å². The predicted octanol–water partition coefficient (Wildman–Crippen LogP) is 3.97. The largest absolute Gasteiger partial charge is 0.326 e. The summed E-state index contributed by atoms with van der Waals surface area (Å²) in [4.78, 5) is 13.1. The zero-order valence-electron chi connectivity index (χ0n) is 11.7. The first-order chi connectivity index (χ1) is 10.2. The van der Waals surface area contributed by atoms with Crippen LogP contribution in [0, 0.1) is 10.9 Å². The number of thioether (sulfide) groups is 1. The van der Waals surface area contributed by atoms with Crippen LogP contribution in [-0.4, -0.2) is 17.5 Å². The van der Waals surface area contributed by atoms with Gasteiger partial charge in [0.2, 0.25) is 0 Å². The smallest absolute Gasteiger partial charge is 0.255 e. The van der Waals surface area contributed by atoms with Crippen LogP contribution in [0.2, 0.25) is 0 Å². The molecule has 1 amide bonds. The van der Waals surface area contributed by atoms with Crippen LogP contribution in [0.1, 0.15) is 36.0 Å². The number of hydrogen-bond donors (Lipinski definition) is 3. The molecule has 0 unspecified atom stereocenters. The van der Waals surface area contributed by atoms with Crippen molar-refractivity contribution in [2.24, 2.45) is 5.11 Å². The molecule has 0 spiro atoms. The number of amidine groups is 1. The van der Waals surface area contributed by atoms with E-state index in [0.29, 0.717) is 11.3 Å². The van der Waals surface area contributed by atoms with E-state index < -0.39 is 0 Å². The fourth-order valence-electron chi connectivity index (χ4n) is 2.06. The van der Waals surface area contributed by atoms with Gasteiger partial charge in [-0.1, -0.05) is 6.08 Å². The Bertz CT molecular complexity index is 566. The lowest BCUT2D eigenvalue weighted by Crippen LogP contribution is -2.23. The average molecular weight is 302 g/mol. The Morgan fingerprint density at radius 3 is 2.67 bits per heavy atom. The summed E-state index contributed by atoms with van der Waals surface area (Å²) in [7, 11) is 0. The Morgan fingerprint density at radius 1 is 1.29 bits per heavy atom. The number of carbonyl (C=O) groups excluding carboxylic acids is 1. The highest BCUT2D eigenvalue weighted by Gasteiger charge is 2.10. The monoisotopic (exact) mass is 302 g/mol. The van der Waals surface area contributed by atoms with Crippen LogP contribution < -0.4 is 5.32 Å². The zero-order chi connectivity index (χ0) is 15.1. The van der Waals surface area contributed by atoms with Crippen molar-refractivity contribution in [2.75, 3.05) is 5.75 Å². The third kappa shape index (κ3) is 4.82. The fraction of sp³-hybridized carbons (Fsp3) is 0.333. The van der Waals surface area contributed by atoms with Crippen molar-refractivity contribution in [1.29, 1.82) is 10.9 Å². The van der Waals surface area contributed by atoms with E-state index >= 15 is 0 Å². The molecule has 0 fully saturated rings. The van der Waals surface area contributed by atoms with Crippen molar-refractivity contribution in [2.45, 2.75) is 30.6 Å². The Morgan fingerprint density at radius 2 is 2.05 bits per heavy atom.